The molecule has 3 rings (SSSR count). The Hall–Kier alpha value is -2.43. The molecule has 0 unspecified atom stereocenters. The second kappa shape index (κ2) is 5.75. The topological polar surface area (TPSA) is 70.4 Å². The van der Waals surface area contributed by atoms with Crippen LogP contribution in [-0.2, 0) is 6.61 Å². The number of halogens is 1. The Morgan fingerprint density at radius 3 is 2.45 bits per heavy atom. The van der Waals surface area contributed by atoms with Crippen LogP contribution in [-0.4, -0.2) is 21.2 Å². The number of carboxylic acid groups (broad SMARTS) is 1. The first-order valence-corrected chi connectivity index (χ1v) is 7.02. The second-order valence-corrected chi connectivity index (χ2v) is 5.18. The van der Waals surface area contributed by atoms with Gasteiger partial charge in [0.05, 0.1) is 28.4 Å². The van der Waals surface area contributed by atoms with Crippen molar-refractivity contribution in [3.05, 3.63) is 64.8 Å². The fraction of sp³-hybridized carbons (Fsp3) is 0.0588. The molecule has 0 aliphatic rings. The smallest absolute Gasteiger partial charge is 0.338 e. The van der Waals surface area contributed by atoms with Gasteiger partial charge in [0.1, 0.15) is 0 Å². The molecule has 4 nitrogen and oxygen atoms in total. The number of aromatic carboxylic acids is 1. The number of carboxylic acids is 1. The minimum absolute atomic E-state index is 0.0192. The first-order valence-electron chi connectivity index (χ1n) is 6.64. The molecule has 0 saturated carbocycles. The summed E-state index contributed by atoms with van der Waals surface area (Å²) < 4.78 is 0. The first-order chi connectivity index (χ1) is 10.6. The van der Waals surface area contributed by atoms with Gasteiger partial charge < -0.3 is 10.2 Å². The molecule has 1 aromatic heterocycles. The quantitative estimate of drug-likeness (QED) is 0.772. The second-order valence-electron chi connectivity index (χ2n) is 4.77. The van der Waals surface area contributed by atoms with Crippen LogP contribution in [0.4, 0.5) is 0 Å². The fourth-order valence-electron chi connectivity index (χ4n) is 2.56. The number of rotatable bonds is 3. The van der Waals surface area contributed by atoms with Crippen LogP contribution in [0.25, 0.3) is 22.0 Å². The first kappa shape index (κ1) is 14.5. The number of hydrogen-bond acceptors (Lipinski definition) is 3. The highest BCUT2D eigenvalue weighted by atomic mass is 35.5. The van der Waals surface area contributed by atoms with Crippen LogP contribution in [0.3, 0.4) is 0 Å². The van der Waals surface area contributed by atoms with Crippen molar-refractivity contribution < 1.29 is 15.0 Å². The number of hydrogen-bond donors (Lipinski definition) is 2. The largest absolute Gasteiger partial charge is 0.478 e. The number of fused-ring (bicyclic) bond motifs is 1. The van der Waals surface area contributed by atoms with Gasteiger partial charge in [0, 0.05) is 10.9 Å². The van der Waals surface area contributed by atoms with Crippen molar-refractivity contribution in [1.29, 1.82) is 0 Å². The molecule has 0 amide bonds. The van der Waals surface area contributed by atoms with E-state index in [1.807, 2.05) is 30.3 Å². The maximum absolute atomic E-state index is 11.7. The fourth-order valence-corrected chi connectivity index (χ4v) is 2.83. The van der Waals surface area contributed by atoms with Crippen LogP contribution in [0.15, 0.2) is 48.5 Å². The van der Waals surface area contributed by atoms with E-state index in [1.54, 1.807) is 18.2 Å². The Labute approximate surface area is 131 Å². The van der Waals surface area contributed by atoms with Gasteiger partial charge >= 0.3 is 5.97 Å². The number of aliphatic hydroxyl groups is 1. The lowest BCUT2D eigenvalue weighted by molar-refractivity contribution is 0.0693. The molecule has 22 heavy (non-hydrogen) atoms. The van der Waals surface area contributed by atoms with Gasteiger partial charge in [-0.15, -0.1) is 0 Å². The van der Waals surface area contributed by atoms with Crippen LogP contribution in [0.1, 0.15) is 16.1 Å². The summed E-state index contributed by atoms with van der Waals surface area (Å²) >= 11 is 6.29. The van der Waals surface area contributed by atoms with Crippen LogP contribution in [0.2, 0.25) is 5.02 Å². The van der Waals surface area contributed by atoms with E-state index in [9.17, 15) is 15.0 Å². The molecule has 0 aliphatic heterocycles. The standard InChI is InChI=1S/C17H12ClNO3/c18-11-7-4-8-12-15(11)14(10-5-2-1-3-6-10)16(17(21)22)13(9-20)19-12/h1-8,20H,9H2,(H,21,22). The zero-order valence-corrected chi connectivity index (χ0v) is 12.2. The van der Waals surface area contributed by atoms with Gasteiger partial charge in [-0.05, 0) is 17.7 Å². The van der Waals surface area contributed by atoms with E-state index in [2.05, 4.69) is 4.98 Å². The van der Waals surface area contributed by atoms with E-state index in [0.29, 0.717) is 21.5 Å². The minimum Gasteiger partial charge on any atom is -0.478 e. The van der Waals surface area contributed by atoms with Crippen molar-refractivity contribution in [2.45, 2.75) is 6.61 Å². The third-order valence-electron chi connectivity index (χ3n) is 3.46. The Kier molecular flexibility index (Phi) is 3.79. The molecule has 0 saturated heterocycles. The Morgan fingerprint density at radius 2 is 1.82 bits per heavy atom. The van der Waals surface area contributed by atoms with E-state index in [0.717, 1.165) is 5.56 Å². The van der Waals surface area contributed by atoms with Crippen molar-refractivity contribution in [2.24, 2.45) is 0 Å². The summed E-state index contributed by atoms with van der Waals surface area (Å²) in [6.45, 7) is -0.454. The molecule has 2 aromatic carbocycles. The third-order valence-corrected chi connectivity index (χ3v) is 3.78. The molecule has 110 valence electrons. The number of nitrogens with zero attached hydrogens (tertiary/aromatic N) is 1. The number of benzene rings is 2. The lowest BCUT2D eigenvalue weighted by Gasteiger charge is -2.14. The zero-order chi connectivity index (χ0) is 15.7. The van der Waals surface area contributed by atoms with Crippen LogP contribution < -0.4 is 0 Å². The molecule has 2 N–H and O–H groups in total. The summed E-state index contributed by atoms with van der Waals surface area (Å²) in [6, 6.07) is 14.3. The van der Waals surface area contributed by atoms with Gasteiger partial charge in [-0.3, -0.25) is 0 Å². The number of aromatic nitrogens is 1. The normalized spacial score (nSPS) is 10.8. The van der Waals surface area contributed by atoms with Gasteiger partial charge in [-0.25, -0.2) is 9.78 Å². The molecule has 0 aliphatic carbocycles. The average Bonchev–Trinajstić information content (AvgIpc) is 2.54. The summed E-state index contributed by atoms with van der Waals surface area (Å²) in [5.74, 6) is -1.14. The maximum atomic E-state index is 11.7. The van der Waals surface area contributed by atoms with Crippen molar-refractivity contribution in [3.8, 4) is 11.1 Å². The minimum atomic E-state index is -1.14. The monoisotopic (exact) mass is 313 g/mol. The summed E-state index contributed by atoms with van der Waals surface area (Å²) in [4.78, 5) is 16.0. The van der Waals surface area contributed by atoms with E-state index in [-0.39, 0.29) is 11.3 Å². The van der Waals surface area contributed by atoms with Crippen molar-refractivity contribution in [1.82, 2.24) is 4.98 Å². The summed E-state index contributed by atoms with van der Waals surface area (Å²) in [5, 5.41) is 20.1. The molecule has 0 atom stereocenters. The van der Waals surface area contributed by atoms with E-state index in [1.165, 1.54) is 0 Å². The predicted molar refractivity (Wildman–Crippen MR) is 85.1 cm³/mol. The highest BCUT2D eigenvalue weighted by Crippen LogP contribution is 2.37. The van der Waals surface area contributed by atoms with Gasteiger partial charge in [0.25, 0.3) is 0 Å². The summed E-state index contributed by atoms with van der Waals surface area (Å²) in [6.07, 6.45) is 0. The van der Waals surface area contributed by atoms with E-state index in [4.69, 9.17) is 11.6 Å². The average molecular weight is 314 g/mol. The molecule has 5 heteroatoms. The van der Waals surface area contributed by atoms with Crippen molar-refractivity contribution in [2.75, 3.05) is 0 Å². The van der Waals surface area contributed by atoms with Crippen LogP contribution in [0.5, 0.6) is 0 Å². The third kappa shape index (κ3) is 2.32. The number of aliphatic hydroxyl groups excluding tert-OH is 1. The molecule has 0 bridgehead atoms. The van der Waals surface area contributed by atoms with E-state index >= 15 is 0 Å². The SMILES string of the molecule is O=C(O)c1c(CO)nc2cccc(Cl)c2c1-c1ccccc1. The lowest BCUT2D eigenvalue weighted by Crippen LogP contribution is -2.09. The van der Waals surface area contributed by atoms with Crippen molar-refractivity contribution in [3.63, 3.8) is 0 Å². The Bertz CT molecular complexity index is 863. The van der Waals surface area contributed by atoms with Gasteiger partial charge in [-0.2, -0.15) is 0 Å². The Balaban J connectivity index is 2.54. The molecular formula is C17H12ClNO3. The van der Waals surface area contributed by atoms with Crippen molar-refractivity contribution >= 4 is 28.5 Å². The number of pyridine rings is 1. The summed E-state index contributed by atoms with van der Waals surface area (Å²) in [5.41, 5.74) is 1.86. The molecule has 0 spiro atoms. The van der Waals surface area contributed by atoms with E-state index < -0.39 is 12.6 Å². The highest BCUT2D eigenvalue weighted by molar-refractivity contribution is 6.37. The van der Waals surface area contributed by atoms with Gasteiger partial charge in [0.15, 0.2) is 0 Å². The molecule has 0 fully saturated rings. The van der Waals surface area contributed by atoms with Gasteiger partial charge in [-0.1, -0.05) is 48.0 Å². The molecule has 0 radical (unpaired) electrons. The number of carbonyl (C=O) groups is 1. The maximum Gasteiger partial charge on any atom is 0.338 e. The Morgan fingerprint density at radius 1 is 1.09 bits per heavy atom. The van der Waals surface area contributed by atoms with Crippen LogP contribution >= 0.6 is 11.6 Å². The summed E-state index contributed by atoms with van der Waals surface area (Å²) in [7, 11) is 0. The molecule has 1 heterocycles. The zero-order valence-electron chi connectivity index (χ0n) is 11.5. The molecule has 3 aromatic rings. The highest BCUT2D eigenvalue weighted by Gasteiger charge is 2.22. The van der Waals surface area contributed by atoms with Gasteiger partial charge in [0.2, 0.25) is 0 Å². The predicted octanol–water partition coefficient (Wildman–Crippen LogP) is 3.75. The lowest BCUT2D eigenvalue weighted by atomic mass is 9.94. The molecular weight excluding hydrogens is 302 g/mol. The van der Waals surface area contributed by atoms with Crippen LogP contribution in [0, 0.1) is 0 Å².